The van der Waals surface area contributed by atoms with Gasteiger partial charge in [-0.3, -0.25) is 4.79 Å². The van der Waals surface area contributed by atoms with E-state index in [1.54, 1.807) is 6.92 Å². The molecule has 0 fully saturated rings. The molecule has 0 saturated carbocycles. The highest BCUT2D eigenvalue weighted by Gasteiger charge is 2.29. The van der Waals surface area contributed by atoms with Crippen molar-refractivity contribution in [3.63, 3.8) is 0 Å². The molecular weight excluding hydrogens is 148 g/mol. The molecule has 0 heterocycles. The van der Waals surface area contributed by atoms with Crippen molar-refractivity contribution in [2.75, 3.05) is 0 Å². The van der Waals surface area contributed by atoms with Crippen molar-refractivity contribution in [3.8, 4) is 0 Å². The smallest absolute Gasteiger partial charge is 0.133 e. The van der Waals surface area contributed by atoms with Crippen molar-refractivity contribution >= 4 is 5.78 Å². The average molecular weight is 166 g/mol. The number of rotatable bonds is 2. The van der Waals surface area contributed by atoms with Crippen molar-refractivity contribution in [1.82, 2.24) is 0 Å². The predicted molar refractivity (Wildman–Crippen MR) is 50.9 cm³/mol. The number of Topliss-reactive ketones (excluding diaryl/α,β-unsaturated/α-hetero) is 1. The number of hydrogen-bond acceptors (Lipinski definition) is 1. The molecule has 0 aromatic rings. The van der Waals surface area contributed by atoms with Gasteiger partial charge in [0, 0.05) is 5.92 Å². The van der Waals surface area contributed by atoms with Gasteiger partial charge in [-0.1, -0.05) is 26.0 Å². The molecule has 0 spiro atoms. The van der Waals surface area contributed by atoms with Crippen LogP contribution in [0.15, 0.2) is 12.2 Å². The summed E-state index contributed by atoms with van der Waals surface area (Å²) in [6, 6.07) is 0. The molecule has 3 atom stereocenters. The van der Waals surface area contributed by atoms with Crippen molar-refractivity contribution in [2.45, 2.75) is 33.6 Å². The minimum atomic E-state index is 0.278. The molecule has 1 aliphatic carbocycles. The molecule has 1 aliphatic rings. The summed E-state index contributed by atoms with van der Waals surface area (Å²) in [5.74, 6) is 1.67. The van der Waals surface area contributed by atoms with Crippen LogP contribution in [0.1, 0.15) is 33.6 Å². The molecular formula is C11H18O. The summed E-state index contributed by atoms with van der Waals surface area (Å²) in [5, 5.41) is 0. The summed E-state index contributed by atoms with van der Waals surface area (Å²) >= 11 is 0. The lowest BCUT2D eigenvalue weighted by Gasteiger charge is -2.30. The van der Waals surface area contributed by atoms with Crippen LogP contribution in [0.3, 0.4) is 0 Å². The summed E-state index contributed by atoms with van der Waals surface area (Å²) in [4.78, 5) is 11.3. The molecule has 68 valence electrons. The second-order valence-electron chi connectivity index (χ2n) is 3.85. The zero-order valence-electron chi connectivity index (χ0n) is 8.21. The lowest BCUT2D eigenvalue weighted by atomic mass is 9.74. The Hall–Kier alpha value is -0.590. The Balaban J connectivity index is 2.77. The molecule has 0 aliphatic heterocycles. The first-order valence-electron chi connectivity index (χ1n) is 4.84. The van der Waals surface area contributed by atoms with E-state index in [4.69, 9.17) is 0 Å². The number of carbonyl (C=O) groups is 1. The Morgan fingerprint density at radius 1 is 1.58 bits per heavy atom. The third kappa shape index (κ3) is 1.77. The molecule has 0 N–H and O–H groups in total. The Morgan fingerprint density at radius 3 is 2.67 bits per heavy atom. The second-order valence-corrected chi connectivity index (χ2v) is 3.85. The quantitative estimate of drug-likeness (QED) is 0.576. The van der Waals surface area contributed by atoms with Gasteiger partial charge in [0.25, 0.3) is 0 Å². The maximum atomic E-state index is 11.3. The van der Waals surface area contributed by atoms with E-state index in [9.17, 15) is 4.79 Å². The van der Waals surface area contributed by atoms with E-state index >= 15 is 0 Å². The second kappa shape index (κ2) is 3.88. The number of carbonyl (C=O) groups excluding carboxylic acids is 1. The molecule has 1 rings (SSSR count). The molecule has 0 aromatic heterocycles. The maximum absolute atomic E-state index is 11.3. The summed E-state index contributed by atoms with van der Waals surface area (Å²) < 4.78 is 0. The van der Waals surface area contributed by atoms with Gasteiger partial charge in [-0.05, 0) is 31.6 Å². The molecule has 1 nitrogen and oxygen atoms in total. The lowest BCUT2D eigenvalue weighted by molar-refractivity contribution is -0.123. The van der Waals surface area contributed by atoms with Crippen LogP contribution in [0, 0.1) is 17.8 Å². The van der Waals surface area contributed by atoms with Crippen LogP contribution in [-0.4, -0.2) is 5.78 Å². The third-order valence-corrected chi connectivity index (χ3v) is 2.91. The fourth-order valence-corrected chi connectivity index (χ4v) is 2.25. The van der Waals surface area contributed by atoms with E-state index in [1.807, 2.05) is 0 Å². The number of hydrogen-bond donors (Lipinski definition) is 0. The van der Waals surface area contributed by atoms with Crippen LogP contribution < -0.4 is 0 Å². The summed E-state index contributed by atoms with van der Waals surface area (Å²) in [6.45, 7) is 6.06. The van der Waals surface area contributed by atoms with Gasteiger partial charge in [0.2, 0.25) is 0 Å². The minimum Gasteiger partial charge on any atom is -0.300 e. The zero-order chi connectivity index (χ0) is 9.14. The van der Waals surface area contributed by atoms with E-state index < -0.39 is 0 Å². The monoisotopic (exact) mass is 166 g/mol. The fourth-order valence-electron chi connectivity index (χ4n) is 2.25. The highest BCUT2D eigenvalue weighted by molar-refractivity contribution is 5.79. The standard InChI is InChI=1S/C11H18O/c1-4-10-7-5-6-8(2)11(10)9(3)12/h5,7-8,10-11H,4,6H2,1-3H3. The van der Waals surface area contributed by atoms with Gasteiger partial charge in [-0.15, -0.1) is 0 Å². The first kappa shape index (κ1) is 9.50. The van der Waals surface area contributed by atoms with Crippen LogP contribution >= 0.6 is 0 Å². The van der Waals surface area contributed by atoms with Crippen LogP contribution in [0.5, 0.6) is 0 Å². The van der Waals surface area contributed by atoms with Crippen LogP contribution in [0.2, 0.25) is 0 Å². The van der Waals surface area contributed by atoms with E-state index in [0.717, 1.165) is 12.8 Å². The van der Waals surface area contributed by atoms with Crippen molar-refractivity contribution in [3.05, 3.63) is 12.2 Å². The zero-order valence-corrected chi connectivity index (χ0v) is 8.21. The third-order valence-electron chi connectivity index (χ3n) is 2.91. The van der Waals surface area contributed by atoms with Crippen LogP contribution in [0.25, 0.3) is 0 Å². The Bertz CT molecular complexity index is 193. The highest BCUT2D eigenvalue weighted by Crippen LogP contribution is 2.32. The maximum Gasteiger partial charge on any atom is 0.133 e. The molecule has 12 heavy (non-hydrogen) atoms. The number of ketones is 1. The van der Waals surface area contributed by atoms with Gasteiger partial charge in [0.15, 0.2) is 0 Å². The van der Waals surface area contributed by atoms with E-state index in [-0.39, 0.29) is 5.92 Å². The Morgan fingerprint density at radius 2 is 2.25 bits per heavy atom. The molecule has 3 unspecified atom stereocenters. The summed E-state index contributed by atoms with van der Waals surface area (Å²) in [5.41, 5.74) is 0. The van der Waals surface area contributed by atoms with Gasteiger partial charge < -0.3 is 0 Å². The highest BCUT2D eigenvalue weighted by atomic mass is 16.1. The molecule has 0 saturated heterocycles. The van der Waals surface area contributed by atoms with Crippen molar-refractivity contribution in [1.29, 1.82) is 0 Å². The predicted octanol–water partition coefficient (Wildman–Crippen LogP) is 2.81. The van der Waals surface area contributed by atoms with Crippen molar-refractivity contribution in [2.24, 2.45) is 17.8 Å². The molecule has 0 aromatic carbocycles. The van der Waals surface area contributed by atoms with Gasteiger partial charge in [0.05, 0.1) is 0 Å². The van der Waals surface area contributed by atoms with E-state index in [1.165, 1.54) is 0 Å². The van der Waals surface area contributed by atoms with E-state index in [0.29, 0.717) is 17.6 Å². The van der Waals surface area contributed by atoms with E-state index in [2.05, 4.69) is 26.0 Å². The van der Waals surface area contributed by atoms with Crippen LogP contribution in [-0.2, 0) is 4.79 Å². The largest absolute Gasteiger partial charge is 0.300 e. The Labute approximate surface area is 74.9 Å². The molecule has 1 heteroatoms. The summed E-state index contributed by atoms with van der Waals surface area (Å²) in [7, 11) is 0. The van der Waals surface area contributed by atoms with Gasteiger partial charge in [-0.25, -0.2) is 0 Å². The Kier molecular flexibility index (Phi) is 3.07. The molecule has 0 bridgehead atoms. The van der Waals surface area contributed by atoms with Gasteiger partial charge >= 0.3 is 0 Å². The average Bonchev–Trinajstić information content (AvgIpc) is 2.03. The van der Waals surface area contributed by atoms with Gasteiger partial charge in [0.1, 0.15) is 5.78 Å². The minimum absolute atomic E-state index is 0.278. The first-order chi connectivity index (χ1) is 5.66. The lowest BCUT2D eigenvalue weighted by Crippen LogP contribution is -2.29. The first-order valence-corrected chi connectivity index (χ1v) is 4.84. The number of allylic oxidation sites excluding steroid dienone is 2. The summed E-state index contributed by atoms with van der Waals surface area (Å²) in [6.07, 6.45) is 6.59. The topological polar surface area (TPSA) is 17.1 Å². The van der Waals surface area contributed by atoms with Crippen molar-refractivity contribution < 1.29 is 4.79 Å². The molecule has 0 amide bonds. The SMILES string of the molecule is CCC1C=CCC(C)C1C(C)=O. The van der Waals surface area contributed by atoms with Gasteiger partial charge in [-0.2, -0.15) is 0 Å². The van der Waals surface area contributed by atoms with Crippen LogP contribution in [0.4, 0.5) is 0 Å². The normalized spacial score (nSPS) is 35.1. The molecule has 0 radical (unpaired) electrons. The fraction of sp³-hybridized carbons (Fsp3) is 0.727.